The lowest BCUT2D eigenvalue weighted by molar-refractivity contribution is 0.377. The topological polar surface area (TPSA) is 12.5 Å². The summed E-state index contributed by atoms with van der Waals surface area (Å²) in [4.78, 5) is 0. The van der Waals surface area contributed by atoms with Crippen LogP contribution in [0.1, 0.15) is 34.5 Å². The van der Waals surface area contributed by atoms with Crippen molar-refractivity contribution in [1.82, 2.24) is 0 Å². The van der Waals surface area contributed by atoms with Crippen LogP contribution in [0.4, 0.5) is 0 Å². The monoisotopic (exact) mass is 224 g/mol. The van der Waals surface area contributed by atoms with Crippen molar-refractivity contribution in [3.05, 3.63) is 70.8 Å². The zero-order valence-corrected chi connectivity index (χ0v) is 10.2. The predicted molar refractivity (Wildman–Crippen MR) is 68.9 cm³/mol. The maximum atomic E-state index is 5.77. The van der Waals surface area contributed by atoms with Gasteiger partial charge < -0.3 is 4.74 Å². The molecule has 0 aliphatic carbocycles. The summed E-state index contributed by atoms with van der Waals surface area (Å²) in [6.07, 6.45) is 0.497. The minimum Gasteiger partial charge on any atom is -0.359 e. The number of hydrogen-bond donors (Lipinski definition) is 0. The van der Waals surface area contributed by atoms with Crippen LogP contribution < -0.4 is 0 Å². The number of aryl methyl sites for hydroxylation is 2. The van der Waals surface area contributed by atoms with Gasteiger partial charge in [-0.05, 0) is 25.0 Å². The molecule has 2 atom stereocenters. The van der Waals surface area contributed by atoms with Gasteiger partial charge in [0.25, 0.3) is 0 Å². The van der Waals surface area contributed by atoms with Gasteiger partial charge in [-0.2, -0.15) is 0 Å². The second kappa shape index (κ2) is 4.01. The SMILES string of the molecule is Cc1ccc(C2OC2c2ccc(C)cc2)cc1. The average molecular weight is 224 g/mol. The predicted octanol–water partition coefficient (Wildman–Crippen LogP) is 4.12. The van der Waals surface area contributed by atoms with Crippen molar-refractivity contribution in [3.63, 3.8) is 0 Å². The van der Waals surface area contributed by atoms with Gasteiger partial charge in [0, 0.05) is 0 Å². The molecule has 0 N–H and O–H groups in total. The summed E-state index contributed by atoms with van der Waals surface area (Å²) < 4.78 is 5.77. The Bertz CT molecular complexity index is 461. The molecule has 1 heterocycles. The van der Waals surface area contributed by atoms with Gasteiger partial charge in [0.05, 0.1) is 0 Å². The smallest absolute Gasteiger partial charge is 0.114 e. The highest BCUT2D eigenvalue weighted by Crippen LogP contribution is 2.50. The molecule has 0 bridgehead atoms. The fraction of sp³-hybridized carbons (Fsp3) is 0.250. The minimum absolute atomic E-state index is 0.248. The van der Waals surface area contributed by atoms with Crippen LogP contribution >= 0.6 is 0 Å². The standard InChI is InChI=1S/C16H16O/c1-11-3-7-13(8-4-11)15-16(17-15)14-9-5-12(2)6-10-14/h3-10,15-16H,1-2H3. The Morgan fingerprint density at radius 3 is 1.35 bits per heavy atom. The van der Waals surface area contributed by atoms with E-state index in [0.717, 1.165) is 0 Å². The Balaban J connectivity index is 1.78. The van der Waals surface area contributed by atoms with E-state index in [4.69, 9.17) is 4.74 Å². The third-order valence-electron chi connectivity index (χ3n) is 3.30. The lowest BCUT2D eigenvalue weighted by Crippen LogP contribution is -1.85. The van der Waals surface area contributed by atoms with E-state index < -0.39 is 0 Å². The van der Waals surface area contributed by atoms with Gasteiger partial charge in [0.15, 0.2) is 0 Å². The van der Waals surface area contributed by atoms with Crippen LogP contribution in [0.5, 0.6) is 0 Å². The lowest BCUT2D eigenvalue weighted by Gasteiger charge is -1.99. The van der Waals surface area contributed by atoms with Crippen molar-refractivity contribution < 1.29 is 4.74 Å². The summed E-state index contributed by atoms with van der Waals surface area (Å²) in [6.45, 7) is 4.21. The Morgan fingerprint density at radius 1 is 0.647 bits per heavy atom. The number of epoxide rings is 1. The summed E-state index contributed by atoms with van der Waals surface area (Å²) in [5, 5.41) is 0. The van der Waals surface area contributed by atoms with Gasteiger partial charge in [-0.15, -0.1) is 0 Å². The van der Waals surface area contributed by atoms with Crippen molar-refractivity contribution in [2.45, 2.75) is 26.1 Å². The van der Waals surface area contributed by atoms with Crippen LogP contribution in [0.3, 0.4) is 0 Å². The van der Waals surface area contributed by atoms with Crippen LogP contribution in [-0.4, -0.2) is 0 Å². The molecule has 0 aromatic heterocycles. The van der Waals surface area contributed by atoms with E-state index in [2.05, 4.69) is 62.4 Å². The summed E-state index contributed by atoms with van der Waals surface area (Å²) >= 11 is 0. The molecule has 1 saturated heterocycles. The molecular formula is C16H16O. The molecule has 2 aromatic carbocycles. The van der Waals surface area contributed by atoms with E-state index in [1.165, 1.54) is 22.3 Å². The Kier molecular flexibility index (Phi) is 2.49. The first kappa shape index (κ1) is 10.5. The first-order valence-electron chi connectivity index (χ1n) is 6.02. The molecule has 0 radical (unpaired) electrons. The molecule has 1 aliphatic heterocycles. The van der Waals surface area contributed by atoms with E-state index in [0.29, 0.717) is 0 Å². The van der Waals surface area contributed by atoms with Gasteiger partial charge in [-0.25, -0.2) is 0 Å². The van der Waals surface area contributed by atoms with E-state index in [-0.39, 0.29) is 12.2 Å². The number of hydrogen-bond acceptors (Lipinski definition) is 1. The summed E-state index contributed by atoms with van der Waals surface area (Å²) in [6, 6.07) is 17.2. The Hall–Kier alpha value is -1.60. The van der Waals surface area contributed by atoms with Crippen molar-refractivity contribution >= 4 is 0 Å². The fourth-order valence-corrected chi connectivity index (χ4v) is 2.13. The van der Waals surface area contributed by atoms with Crippen molar-refractivity contribution in [2.24, 2.45) is 0 Å². The number of ether oxygens (including phenoxy) is 1. The molecule has 1 heteroatoms. The van der Waals surface area contributed by atoms with E-state index in [1.54, 1.807) is 0 Å². The number of rotatable bonds is 2. The molecule has 0 amide bonds. The van der Waals surface area contributed by atoms with Crippen LogP contribution in [0, 0.1) is 13.8 Å². The van der Waals surface area contributed by atoms with Crippen LogP contribution in [0.25, 0.3) is 0 Å². The fourth-order valence-electron chi connectivity index (χ4n) is 2.13. The molecule has 0 saturated carbocycles. The molecule has 2 unspecified atom stereocenters. The van der Waals surface area contributed by atoms with Gasteiger partial charge in [0.1, 0.15) is 12.2 Å². The largest absolute Gasteiger partial charge is 0.359 e. The molecule has 86 valence electrons. The Labute approximate surface area is 102 Å². The molecule has 1 aliphatic rings. The Morgan fingerprint density at radius 2 is 1.00 bits per heavy atom. The molecule has 17 heavy (non-hydrogen) atoms. The average Bonchev–Trinajstić information content (AvgIpc) is 3.11. The van der Waals surface area contributed by atoms with Gasteiger partial charge >= 0.3 is 0 Å². The minimum atomic E-state index is 0.248. The summed E-state index contributed by atoms with van der Waals surface area (Å²) in [5.74, 6) is 0. The van der Waals surface area contributed by atoms with Crippen molar-refractivity contribution in [2.75, 3.05) is 0 Å². The van der Waals surface area contributed by atoms with Crippen LogP contribution in [0.15, 0.2) is 48.5 Å². The number of benzene rings is 2. The highest BCUT2D eigenvalue weighted by Gasteiger charge is 2.41. The maximum Gasteiger partial charge on any atom is 0.114 e. The van der Waals surface area contributed by atoms with Gasteiger partial charge in [0.2, 0.25) is 0 Å². The van der Waals surface area contributed by atoms with E-state index >= 15 is 0 Å². The molecule has 0 spiro atoms. The van der Waals surface area contributed by atoms with E-state index in [1.807, 2.05) is 0 Å². The second-order valence-corrected chi connectivity index (χ2v) is 4.80. The normalized spacial score (nSPS) is 22.5. The zero-order chi connectivity index (χ0) is 11.8. The summed E-state index contributed by atoms with van der Waals surface area (Å²) in [5.41, 5.74) is 5.14. The van der Waals surface area contributed by atoms with Crippen LogP contribution in [-0.2, 0) is 4.74 Å². The molecule has 1 fully saturated rings. The van der Waals surface area contributed by atoms with Crippen molar-refractivity contribution in [1.29, 1.82) is 0 Å². The first-order valence-corrected chi connectivity index (χ1v) is 6.02. The second-order valence-electron chi connectivity index (χ2n) is 4.80. The molecule has 3 rings (SSSR count). The maximum absolute atomic E-state index is 5.77. The third-order valence-corrected chi connectivity index (χ3v) is 3.30. The quantitative estimate of drug-likeness (QED) is 0.699. The summed E-state index contributed by atoms with van der Waals surface area (Å²) in [7, 11) is 0. The van der Waals surface area contributed by atoms with Gasteiger partial charge in [-0.1, -0.05) is 59.7 Å². The lowest BCUT2D eigenvalue weighted by atomic mass is 10.0. The van der Waals surface area contributed by atoms with Crippen LogP contribution in [0.2, 0.25) is 0 Å². The molecule has 1 nitrogen and oxygen atoms in total. The van der Waals surface area contributed by atoms with E-state index in [9.17, 15) is 0 Å². The first-order chi connectivity index (χ1) is 8.24. The molecule has 2 aromatic rings. The highest BCUT2D eigenvalue weighted by molar-refractivity contribution is 5.32. The highest BCUT2D eigenvalue weighted by atomic mass is 16.6. The zero-order valence-electron chi connectivity index (χ0n) is 10.2. The third kappa shape index (κ3) is 2.11. The molecular weight excluding hydrogens is 208 g/mol. The van der Waals surface area contributed by atoms with Crippen molar-refractivity contribution in [3.8, 4) is 0 Å². The van der Waals surface area contributed by atoms with Gasteiger partial charge in [-0.3, -0.25) is 0 Å².